The molecule has 13 heteroatoms. The van der Waals surface area contributed by atoms with Gasteiger partial charge in [0.2, 0.25) is 0 Å². The van der Waals surface area contributed by atoms with E-state index in [1.807, 2.05) is 4.72 Å². The number of benzene rings is 2. The number of sulfonamides is 1. The van der Waals surface area contributed by atoms with Gasteiger partial charge in [-0.2, -0.15) is 5.10 Å². The smallest absolute Gasteiger partial charge is 0.329 e. The van der Waals surface area contributed by atoms with Gasteiger partial charge in [-0.1, -0.05) is 29.3 Å². The highest BCUT2D eigenvalue weighted by Crippen LogP contribution is 2.31. The lowest BCUT2D eigenvalue weighted by Crippen LogP contribution is -2.40. The molecule has 9 nitrogen and oxygen atoms in total. The fraction of sp³-hybridized carbons (Fsp3) is 0.240. The number of rotatable bonds is 8. The van der Waals surface area contributed by atoms with Crippen molar-refractivity contribution in [2.24, 2.45) is 7.05 Å². The molecule has 0 radical (unpaired) electrons. The predicted molar refractivity (Wildman–Crippen MR) is 146 cm³/mol. The monoisotopic (exact) mass is 578 g/mol. The predicted octanol–water partition coefficient (Wildman–Crippen LogP) is 4.97. The van der Waals surface area contributed by atoms with Gasteiger partial charge in [-0.3, -0.25) is 4.68 Å². The molecule has 0 bridgehead atoms. The van der Waals surface area contributed by atoms with E-state index in [2.05, 4.69) is 15.7 Å². The Hall–Kier alpha value is -3.41. The standard InChI is InChI=1S/C25H25Cl2FN6O3S/c1-34-23-8-7-19(9-17(23)13-32-34)38(36,37)33-25(35)31-14-22(28)20-4-2-3-15(11-29)24(20)30-12-16-5-6-18(26)10-21(16)27/h5-11,13,29-30H,2-4,12,14H2,1H3,(H2,31,33,35)/b22-20-,29-11?. The highest BCUT2D eigenvalue weighted by atomic mass is 35.5. The maximum absolute atomic E-state index is 15.3. The first-order valence-corrected chi connectivity index (χ1v) is 13.8. The molecule has 0 fully saturated rings. The van der Waals surface area contributed by atoms with Gasteiger partial charge < -0.3 is 16.0 Å². The zero-order valence-electron chi connectivity index (χ0n) is 20.3. The molecule has 0 atom stereocenters. The maximum atomic E-state index is 15.3. The van der Waals surface area contributed by atoms with Gasteiger partial charge in [0.1, 0.15) is 5.83 Å². The summed E-state index contributed by atoms with van der Waals surface area (Å²) >= 11 is 12.2. The van der Waals surface area contributed by atoms with E-state index in [-0.39, 0.29) is 11.4 Å². The highest BCUT2D eigenvalue weighted by Gasteiger charge is 2.22. The van der Waals surface area contributed by atoms with Crippen molar-refractivity contribution in [1.29, 1.82) is 5.41 Å². The third-order valence-electron chi connectivity index (χ3n) is 6.13. The largest absolute Gasteiger partial charge is 0.380 e. The van der Waals surface area contributed by atoms with Crippen molar-refractivity contribution in [3.8, 4) is 0 Å². The van der Waals surface area contributed by atoms with Crippen LogP contribution in [-0.2, 0) is 23.6 Å². The van der Waals surface area contributed by atoms with E-state index in [4.69, 9.17) is 28.6 Å². The Bertz CT molecular complexity index is 1580. The van der Waals surface area contributed by atoms with E-state index in [0.717, 1.165) is 11.1 Å². The molecule has 1 aliphatic carbocycles. The van der Waals surface area contributed by atoms with Crippen molar-refractivity contribution in [1.82, 2.24) is 25.1 Å². The summed E-state index contributed by atoms with van der Waals surface area (Å²) in [5.74, 6) is -0.641. The second-order valence-electron chi connectivity index (χ2n) is 8.65. The van der Waals surface area contributed by atoms with Crippen molar-refractivity contribution in [2.45, 2.75) is 30.7 Å². The first kappa shape index (κ1) is 27.6. The Morgan fingerprint density at radius 2 is 2.00 bits per heavy atom. The third-order valence-corrected chi connectivity index (χ3v) is 8.04. The fourth-order valence-electron chi connectivity index (χ4n) is 4.17. The lowest BCUT2D eigenvalue weighted by Gasteiger charge is -2.24. The molecule has 38 heavy (non-hydrogen) atoms. The number of allylic oxidation sites excluding steroid dienone is 2. The van der Waals surface area contributed by atoms with E-state index in [1.165, 1.54) is 24.5 Å². The van der Waals surface area contributed by atoms with Crippen LogP contribution in [0.1, 0.15) is 24.8 Å². The van der Waals surface area contributed by atoms with E-state index in [9.17, 15) is 13.2 Å². The molecule has 1 aromatic heterocycles. The van der Waals surface area contributed by atoms with Crippen LogP contribution in [0.25, 0.3) is 10.9 Å². The number of hydrogen-bond donors (Lipinski definition) is 4. The Balaban J connectivity index is 1.45. The summed E-state index contributed by atoms with van der Waals surface area (Å²) in [6, 6.07) is 8.33. The van der Waals surface area contributed by atoms with Gasteiger partial charge in [-0.05, 0) is 60.7 Å². The van der Waals surface area contributed by atoms with Crippen LogP contribution < -0.4 is 15.4 Å². The topological polar surface area (TPSA) is 129 Å². The van der Waals surface area contributed by atoms with Crippen LogP contribution in [0.2, 0.25) is 10.0 Å². The second-order valence-corrected chi connectivity index (χ2v) is 11.2. The molecule has 2 aromatic carbocycles. The summed E-state index contributed by atoms with van der Waals surface area (Å²) in [5, 5.41) is 18.8. The van der Waals surface area contributed by atoms with Crippen molar-refractivity contribution >= 4 is 56.4 Å². The number of carbonyl (C=O) groups excluding carboxylic acids is 1. The lowest BCUT2D eigenvalue weighted by molar-refractivity contribution is 0.246. The van der Waals surface area contributed by atoms with Crippen molar-refractivity contribution in [3.63, 3.8) is 0 Å². The number of urea groups is 1. The normalized spacial score (nSPS) is 15.4. The first-order valence-electron chi connectivity index (χ1n) is 11.6. The number of fused-ring (bicyclic) bond motifs is 1. The molecule has 0 saturated heterocycles. The number of carbonyl (C=O) groups is 1. The summed E-state index contributed by atoms with van der Waals surface area (Å²) in [7, 11) is -2.47. The maximum Gasteiger partial charge on any atom is 0.329 e. The molecule has 4 N–H and O–H groups in total. The SMILES string of the molecule is Cn1ncc2cc(S(=O)(=O)NC(=O)NC/C(F)=C3\CCCC(C=N)=C3NCc3ccc(Cl)cc3Cl)ccc21. The number of amides is 2. The second kappa shape index (κ2) is 11.5. The number of aryl methyl sites for hydroxylation is 1. The fourth-order valence-corrected chi connectivity index (χ4v) is 5.61. The van der Waals surface area contributed by atoms with Crippen LogP contribution in [-0.4, -0.2) is 37.0 Å². The Morgan fingerprint density at radius 3 is 2.74 bits per heavy atom. The first-order chi connectivity index (χ1) is 18.1. The molecule has 200 valence electrons. The van der Waals surface area contributed by atoms with Crippen LogP contribution in [0.5, 0.6) is 0 Å². The molecule has 0 saturated carbocycles. The molecule has 3 aromatic rings. The molecule has 0 spiro atoms. The van der Waals surface area contributed by atoms with Gasteiger partial charge in [-0.25, -0.2) is 22.3 Å². The van der Waals surface area contributed by atoms with Gasteiger partial charge in [0.25, 0.3) is 10.0 Å². The van der Waals surface area contributed by atoms with Crippen LogP contribution >= 0.6 is 23.2 Å². The molecule has 1 heterocycles. The van der Waals surface area contributed by atoms with Crippen molar-refractivity contribution in [3.05, 3.63) is 80.9 Å². The van der Waals surface area contributed by atoms with Crippen LogP contribution in [0, 0.1) is 5.41 Å². The molecule has 0 aliphatic heterocycles. The zero-order valence-corrected chi connectivity index (χ0v) is 22.6. The Kier molecular flexibility index (Phi) is 8.39. The average molecular weight is 579 g/mol. The quantitative estimate of drug-likeness (QED) is 0.280. The zero-order chi connectivity index (χ0) is 27.4. The number of nitrogens with zero attached hydrogens (tertiary/aromatic N) is 2. The minimum absolute atomic E-state index is 0.120. The van der Waals surface area contributed by atoms with E-state index >= 15 is 4.39 Å². The van der Waals surface area contributed by atoms with Gasteiger partial charge in [0.15, 0.2) is 0 Å². The summed E-state index contributed by atoms with van der Waals surface area (Å²) < 4.78 is 44.1. The van der Waals surface area contributed by atoms with Crippen LogP contribution in [0.4, 0.5) is 9.18 Å². The number of hydrogen-bond acceptors (Lipinski definition) is 6. The molecule has 2 amide bonds. The number of halogens is 3. The third kappa shape index (κ3) is 6.17. The minimum Gasteiger partial charge on any atom is -0.380 e. The van der Waals surface area contributed by atoms with E-state index < -0.39 is 28.4 Å². The summed E-state index contributed by atoms with van der Waals surface area (Å²) in [6.45, 7) is -0.261. The van der Waals surface area contributed by atoms with E-state index in [0.29, 0.717) is 51.5 Å². The molecular formula is C25H25Cl2FN6O3S. The Morgan fingerprint density at radius 1 is 1.21 bits per heavy atom. The highest BCUT2D eigenvalue weighted by molar-refractivity contribution is 7.90. The van der Waals surface area contributed by atoms with Crippen molar-refractivity contribution < 1.29 is 17.6 Å². The minimum atomic E-state index is -4.20. The van der Waals surface area contributed by atoms with Gasteiger partial charge in [0, 0.05) is 46.5 Å². The van der Waals surface area contributed by atoms with Crippen LogP contribution in [0.3, 0.4) is 0 Å². The van der Waals surface area contributed by atoms with Gasteiger partial charge in [0.05, 0.1) is 23.2 Å². The molecular weight excluding hydrogens is 554 g/mol. The number of aromatic nitrogens is 2. The van der Waals surface area contributed by atoms with Crippen LogP contribution in [0.15, 0.2) is 70.2 Å². The lowest BCUT2D eigenvalue weighted by atomic mass is 9.91. The van der Waals surface area contributed by atoms with Gasteiger partial charge >= 0.3 is 6.03 Å². The number of nitrogens with one attached hydrogen (secondary N) is 4. The summed E-state index contributed by atoms with van der Waals surface area (Å²) in [4.78, 5) is 12.2. The molecule has 0 unspecified atom stereocenters. The van der Waals surface area contributed by atoms with E-state index in [1.54, 1.807) is 36.0 Å². The molecule has 1 aliphatic rings. The average Bonchev–Trinajstić information content (AvgIpc) is 3.26. The van der Waals surface area contributed by atoms with Gasteiger partial charge in [-0.15, -0.1) is 0 Å². The molecule has 4 rings (SSSR count). The van der Waals surface area contributed by atoms with Crippen molar-refractivity contribution in [2.75, 3.05) is 6.54 Å². The summed E-state index contributed by atoms with van der Waals surface area (Å²) in [6.07, 6.45) is 4.28. The summed E-state index contributed by atoms with van der Waals surface area (Å²) in [5.41, 5.74) is 2.85. The Labute approximate surface area is 229 Å².